The van der Waals surface area contributed by atoms with Crippen molar-refractivity contribution in [2.75, 3.05) is 20.2 Å². The normalized spacial score (nSPS) is 22.7. The Hall–Kier alpha value is -1.88. The molecular weight excluding hydrogens is 278 g/mol. The molecule has 0 radical (unpaired) electrons. The lowest BCUT2D eigenvalue weighted by Crippen LogP contribution is -2.38. The van der Waals surface area contributed by atoms with Crippen molar-refractivity contribution in [3.63, 3.8) is 0 Å². The van der Waals surface area contributed by atoms with Crippen molar-refractivity contribution in [2.24, 2.45) is 11.8 Å². The number of methoxy groups -OCH3 is 1. The van der Waals surface area contributed by atoms with Gasteiger partial charge in [0.25, 0.3) is 0 Å². The second-order valence-electron chi connectivity index (χ2n) is 6.38. The Kier molecular flexibility index (Phi) is 4.43. The molecule has 1 fully saturated rings. The summed E-state index contributed by atoms with van der Waals surface area (Å²) >= 11 is 0. The Balaban J connectivity index is 1.70. The molecule has 0 N–H and O–H groups in total. The highest BCUT2D eigenvalue weighted by Crippen LogP contribution is 2.24. The molecule has 2 heterocycles. The number of rotatable bonds is 4. The summed E-state index contributed by atoms with van der Waals surface area (Å²) in [4.78, 5) is 6.93. The standard InChI is InChI=1S/C17H23N3O2/c1-12-7-13(2)10-20(9-12)11-16-18-17(19-22-16)14-5-4-6-15(8-14)21-3/h4-6,8,12-13H,7,9-11H2,1-3H3. The van der Waals surface area contributed by atoms with Gasteiger partial charge in [0, 0.05) is 18.7 Å². The summed E-state index contributed by atoms with van der Waals surface area (Å²) in [5.74, 6) is 3.54. The van der Waals surface area contributed by atoms with Crippen molar-refractivity contribution in [1.82, 2.24) is 15.0 Å². The third-order valence-electron chi connectivity index (χ3n) is 4.10. The fourth-order valence-corrected chi connectivity index (χ4v) is 3.31. The molecule has 1 aliphatic heterocycles. The van der Waals surface area contributed by atoms with Gasteiger partial charge in [-0.15, -0.1) is 0 Å². The lowest BCUT2D eigenvalue weighted by Gasteiger charge is -2.33. The van der Waals surface area contributed by atoms with E-state index in [2.05, 4.69) is 28.9 Å². The van der Waals surface area contributed by atoms with Crippen LogP contribution in [0.3, 0.4) is 0 Å². The zero-order valence-electron chi connectivity index (χ0n) is 13.5. The SMILES string of the molecule is COc1cccc(-c2noc(CN3CC(C)CC(C)C3)n2)c1. The summed E-state index contributed by atoms with van der Waals surface area (Å²) in [6.07, 6.45) is 1.30. The molecule has 5 nitrogen and oxygen atoms in total. The smallest absolute Gasteiger partial charge is 0.241 e. The number of ether oxygens (including phenoxy) is 1. The molecule has 1 aromatic heterocycles. The van der Waals surface area contributed by atoms with E-state index in [9.17, 15) is 0 Å². The molecule has 0 spiro atoms. The maximum absolute atomic E-state index is 5.42. The monoisotopic (exact) mass is 301 g/mol. The first-order valence-corrected chi connectivity index (χ1v) is 7.83. The summed E-state index contributed by atoms with van der Waals surface area (Å²) < 4.78 is 10.7. The molecule has 1 aromatic carbocycles. The van der Waals surface area contributed by atoms with Gasteiger partial charge >= 0.3 is 0 Å². The summed E-state index contributed by atoms with van der Waals surface area (Å²) in [6, 6.07) is 7.71. The highest BCUT2D eigenvalue weighted by molar-refractivity contribution is 5.56. The van der Waals surface area contributed by atoms with Gasteiger partial charge in [-0.05, 0) is 30.4 Å². The van der Waals surface area contributed by atoms with E-state index in [0.717, 1.165) is 42.8 Å². The second kappa shape index (κ2) is 6.48. The molecule has 1 aliphatic rings. The van der Waals surface area contributed by atoms with Gasteiger partial charge in [-0.3, -0.25) is 4.90 Å². The summed E-state index contributed by atoms with van der Waals surface area (Å²) in [5, 5.41) is 4.10. The van der Waals surface area contributed by atoms with Gasteiger partial charge in [-0.1, -0.05) is 31.1 Å². The molecule has 0 saturated carbocycles. The number of hydrogen-bond donors (Lipinski definition) is 0. The molecule has 1 saturated heterocycles. The number of piperidine rings is 1. The first kappa shape index (κ1) is 15.0. The van der Waals surface area contributed by atoms with Crippen LogP contribution in [0, 0.1) is 11.8 Å². The summed E-state index contributed by atoms with van der Waals surface area (Å²) in [6.45, 7) is 7.53. The van der Waals surface area contributed by atoms with E-state index >= 15 is 0 Å². The van der Waals surface area contributed by atoms with Crippen LogP contribution in [0.4, 0.5) is 0 Å². The van der Waals surface area contributed by atoms with Crippen LogP contribution in [-0.2, 0) is 6.54 Å². The van der Waals surface area contributed by atoms with Crippen LogP contribution < -0.4 is 4.74 Å². The predicted octanol–water partition coefficient (Wildman–Crippen LogP) is 3.22. The Labute approximate surface area is 131 Å². The van der Waals surface area contributed by atoms with Gasteiger partial charge in [0.2, 0.25) is 11.7 Å². The summed E-state index contributed by atoms with van der Waals surface area (Å²) in [7, 11) is 1.65. The minimum absolute atomic E-state index is 0.618. The van der Waals surface area contributed by atoms with Gasteiger partial charge in [0.05, 0.1) is 13.7 Å². The lowest BCUT2D eigenvalue weighted by molar-refractivity contribution is 0.121. The quantitative estimate of drug-likeness (QED) is 0.868. The van der Waals surface area contributed by atoms with Crippen molar-refractivity contribution in [2.45, 2.75) is 26.8 Å². The van der Waals surface area contributed by atoms with Gasteiger partial charge < -0.3 is 9.26 Å². The molecule has 0 amide bonds. The van der Waals surface area contributed by atoms with E-state index < -0.39 is 0 Å². The Bertz CT molecular complexity index is 616. The molecule has 2 aromatic rings. The first-order valence-electron chi connectivity index (χ1n) is 7.83. The number of aromatic nitrogens is 2. The Morgan fingerprint density at radius 3 is 2.77 bits per heavy atom. The average molecular weight is 301 g/mol. The highest BCUT2D eigenvalue weighted by atomic mass is 16.5. The molecular formula is C17H23N3O2. The zero-order chi connectivity index (χ0) is 15.5. The molecule has 118 valence electrons. The van der Waals surface area contributed by atoms with Gasteiger partial charge in [-0.25, -0.2) is 0 Å². The van der Waals surface area contributed by atoms with Crippen LogP contribution in [-0.4, -0.2) is 35.2 Å². The molecule has 0 bridgehead atoms. The number of benzene rings is 1. The van der Waals surface area contributed by atoms with Gasteiger partial charge in [0.1, 0.15) is 5.75 Å². The summed E-state index contributed by atoms with van der Waals surface area (Å²) in [5.41, 5.74) is 0.912. The fourth-order valence-electron chi connectivity index (χ4n) is 3.31. The third kappa shape index (κ3) is 3.47. The molecule has 3 rings (SSSR count). The van der Waals surface area contributed by atoms with Crippen molar-refractivity contribution in [1.29, 1.82) is 0 Å². The zero-order valence-corrected chi connectivity index (χ0v) is 13.5. The van der Waals surface area contributed by atoms with E-state index in [1.54, 1.807) is 7.11 Å². The average Bonchev–Trinajstić information content (AvgIpc) is 2.95. The maximum atomic E-state index is 5.42. The molecule has 2 atom stereocenters. The lowest BCUT2D eigenvalue weighted by atomic mass is 9.92. The van der Waals surface area contributed by atoms with Crippen molar-refractivity contribution in [3.05, 3.63) is 30.2 Å². The van der Waals surface area contributed by atoms with E-state index in [0.29, 0.717) is 11.7 Å². The number of nitrogens with zero attached hydrogens (tertiary/aromatic N) is 3. The molecule has 5 heteroatoms. The minimum Gasteiger partial charge on any atom is -0.497 e. The predicted molar refractivity (Wildman–Crippen MR) is 84.5 cm³/mol. The Morgan fingerprint density at radius 1 is 1.27 bits per heavy atom. The first-order chi connectivity index (χ1) is 10.6. The van der Waals surface area contributed by atoms with E-state index in [1.807, 2.05) is 24.3 Å². The highest BCUT2D eigenvalue weighted by Gasteiger charge is 2.23. The van der Waals surface area contributed by atoms with Gasteiger partial charge in [-0.2, -0.15) is 4.98 Å². The second-order valence-corrected chi connectivity index (χ2v) is 6.38. The molecule has 22 heavy (non-hydrogen) atoms. The van der Waals surface area contributed by atoms with Crippen LogP contribution in [0.2, 0.25) is 0 Å². The van der Waals surface area contributed by atoms with Crippen LogP contribution in [0.5, 0.6) is 5.75 Å². The number of likely N-dealkylation sites (tertiary alicyclic amines) is 1. The third-order valence-corrected chi connectivity index (χ3v) is 4.10. The van der Waals surface area contributed by atoms with Crippen LogP contribution >= 0.6 is 0 Å². The van der Waals surface area contributed by atoms with Crippen LogP contribution in [0.1, 0.15) is 26.2 Å². The number of hydrogen-bond acceptors (Lipinski definition) is 5. The Morgan fingerprint density at radius 2 is 2.05 bits per heavy atom. The molecule has 0 aliphatic carbocycles. The van der Waals surface area contributed by atoms with Crippen molar-refractivity contribution >= 4 is 0 Å². The van der Waals surface area contributed by atoms with Crippen molar-refractivity contribution in [3.8, 4) is 17.1 Å². The topological polar surface area (TPSA) is 51.4 Å². The van der Waals surface area contributed by atoms with Gasteiger partial charge in [0.15, 0.2) is 0 Å². The van der Waals surface area contributed by atoms with Crippen LogP contribution in [0.25, 0.3) is 11.4 Å². The fraction of sp³-hybridized carbons (Fsp3) is 0.529. The largest absolute Gasteiger partial charge is 0.497 e. The minimum atomic E-state index is 0.618. The molecule has 2 unspecified atom stereocenters. The maximum Gasteiger partial charge on any atom is 0.241 e. The van der Waals surface area contributed by atoms with Crippen LogP contribution in [0.15, 0.2) is 28.8 Å². The van der Waals surface area contributed by atoms with E-state index in [4.69, 9.17) is 9.26 Å². The van der Waals surface area contributed by atoms with Crippen molar-refractivity contribution < 1.29 is 9.26 Å². The van der Waals surface area contributed by atoms with E-state index in [-0.39, 0.29) is 0 Å². The van der Waals surface area contributed by atoms with E-state index in [1.165, 1.54) is 6.42 Å².